The fourth-order valence-electron chi connectivity index (χ4n) is 4.21. The fraction of sp³-hybridized carbons (Fsp3) is 0.467. The number of likely N-dealkylation sites (tertiary alicyclic amines) is 1. The van der Waals surface area contributed by atoms with Gasteiger partial charge in [-0.25, -0.2) is 9.59 Å². The number of alkyl carbamates (subject to hydrolysis) is 1. The van der Waals surface area contributed by atoms with Crippen molar-refractivity contribution in [3.05, 3.63) is 60.2 Å². The maximum absolute atomic E-state index is 13.2. The predicted octanol–water partition coefficient (Wildman–Crippen LogP) is 3.99. The summed E-state index contributed by atoms with van der Waals surface area (Å²) in [6, 6.07) is 16.6. The smallest absolute Gasteiger partial charge is 0.411 e. The van der Waals surface area contributed by atoms with Gasteiger partial charge in [0.1, 0.15) is 23.8 Å². The van der Waals surface area contributed by atoms with Gasteiger partial charge in [0, 0.05) is 19.1 Å². The van der Waals surface area contributed by atoms with E-state index in [-0.39, 0.29) is 32.0 Å². The van der Waals surface area contributed by atoms with E-state index in [4.69, 9.17) is 9.47 Å². The molecule has 3 N–H and O–H groups in total. The molecule has 1 aliphatic rings. The average Bonchev–Trinajstić information content (AvgIpc) is 3.29. The number of ether oxygens (including phenoxy) is 2. The van der Waals surface area contributed by atoms with Crippen LogP contribution in [0.4, 0.5) is 9.59 Å². The summed E-state index contributed by atoms with van der Waals surface area (Å²) in [6.07, 6.45) is -1.14. The molecule has 2 atom stereocenters. The number of nitrogens with one attached hydrogen (secondary N) is 3. The van der Waals surface area contributed by atoms with Gasteiger partial charge in [-0.1, -0.05) is 54.6 Å². The quantitative estimate of drug-likeness (QED) is 0.477. The normalized spacial score (nSPS) is 17.1. The van der Waals surface area contributed by atoms with E-state index in [1.165, 1.54) is 4.90 Å². The Hall–Kier alpha value is -4.08. The van der Waals surface area contributed by atoms with Crippen LogP contribution in [-0.4, -0.2) is 65.3 Å². The van der Waals surface area contributed by atoms with Crippen LogP contribution in [-0.2, 0) is 25.6 Å². The summed E-state index contributed by atoms with van der Waals surface area (Å²) in [5.74, 6) is -0.804. The van der Waals surface area contributed by atoms with Gasteiger partial charge in [-0.15, -0.1) is 0 Å². The topological polar surface area (TPSA) is 126 Å². The largest absolute Gasteiger partial charge is 0.444 e. The Morgan fingerprint density at radius 1 is 0.825 bits per heavy atom. The van der Waals surface area contributed by atoms with Crippen molar-refractivity contribution in [2.45, 2.75) is 77.8 Å². The minimum Gasteiger partial charge on any atom is -0.444 e. The highest BCUT2D eigenvalue weighted by molar-refractivity contribution is 5.87. The van der Waals surface area contributed by atoms with Crippen LogP contribution in [0.25, 0.3) is 11.1 Å². The lowest BCUT2D eigenvalue weighted by molar-refractivity contribution is -0.125. The molecule has 0 bridgehead atoms. The Bertz CT molecular complexity index is 1190. The van der Waals surface area contributed by atoms with Gasteiger partial charge in [-0.3, -0.25) is 14.5 Å². The SMILES string of the molecule is CC(C)(C)OC(=O)NCC(=O)N[C@@H]1C[C@@H](C(=O)NCc2ccc(-c3ccccc3)cc2)N(C(=O)OC(C)(C)C)C1. The zero-order valence-corrected chi connectivity index (χ0v) is 24.1. The van der Waals surface area contributed by atoms with Gasteiger partial charge in [0.15, 0.2) is 0 Å². The van der Waals surface area contributed by atoms with Gasteiger partial charge in [0.25, 0.3) is 0 Å². The second-order valence-corrected chi connectivity index (χ2v) is 11.8. The lowest BCUT2D eigenvalue weighted by Gasteiger charge is -2.28. The van der Waals surface area contributed by atoms with Gasteiger partial charge < -0.3 is 25.4 Å². The van der Waals surface area contributed by atoms with E-state index in [2.05, 4.69) is 16.0 Å². The van der Waals surface area contributed by atoms with Crippen LogP contribution in [0.5, 0.6) is 0 Å². The van der Waals surface area contributed by atoms with Crippen LogP contribution in [0.15, 0.2) is 54.6 Å². The molecule has 3 rings (SSSR count). The fourth-order valence-corrected chi connectivity index (χ4v) is 4.21. The van der Waals surface area contributed by atoms with E-state index in [9.17, 15) is 19.2 Å². The number of benzene rings is 2. The molecule has 4 amide bonds. The molecule has 1 fully saturated rings. The van der Waals surface area contributed by atoms with Crippen LogP contribution in [0.2, 0.25) is 0 Å². The molecule has 1 aliphatic heterocycles. The van der Waals surface area contributed by atoms with Crippen molar-refractivity contribution in [1.29, 1.82) is 0 Å². The maximum Gasteiger partial charge on any atom is 0.411 e. The van der Waals surface area contributed by atoms with E-state index in [0.29, 0.717) is 0 Å². The Kier molecular flexibility index (Phi) is 9.78. The van der Waals surface area contributed by atoms with Crippen LogP contribution < -0.4 is 16.0 Å². The third-order valence-electron chi connectivity index (χ3n) is 5.92. The number of rotatable bonds is 7. The molecule has 2 aromatic rings. The Labute approximate surface area is 235 Å². The monoisotopic (exact) mass is 552 g/mol. The molecule has 0 aliphatic carbocycles. The van der Waals surface area contributed by atoms with Gasteiger partial charge >= 0.3 is 12.2 Å². The third kappa shape index (κ3) is 9.59. The summed E-state index contributed by atoms with van der Waals surface area (Å²) >= 11 is 0. The molecular formula is C30H40N4O6. The summed E-state index contributed by atoms with van der Waals surface area (Å²) < 4.78 is 10.7. The lowest BCUT2D eigenvalue weighted by Crippen LogP contribution is -2.47. The predicted molar refractivity (Wildman–Crippen MR) is 151 cm³/mol. The van der Waals surface area contributed by atoms with Crippen molar-refractivity contribution in [3.8, 4) is 11.1 Å². The molecule has 0 unspecified atom stereocenters. The molecule has 0 saturated carbocycles. The Morgan fingerprint density at radius 3 is 2.02 bits per heavy atom. The first kappa shape index (κ1) is 30.5. The molecule has 2 aromatic carbocycles. The molecule has 216 valence electrons. The van der Waals surface area contributed by atoms with Crippen molar-refractivity contribution in [3.63, 3.8) is 0 Å². The highest BCUT2D eigenvalue weighted by Gasteiger charge is 2.42. The second kappa shape index (κ2) is 12.8. The van der Waals surface area contributed by atoms with Gasteiger partial charge in [0.2, 0.25) is 11.8 Å². The molecular weight excluding hydrogens is 512 g/mol. The van der Waals surface area contributed by atoms with Crippen LogP contribution in [0, 0.1) is 0 Å². The number of carbonyl (C=O) groups is 4. The molecule has 10 heteroatoms. The summed E-state index contributed by atoms with van der Waals surface area (Å²) in [4.78, 5) is 51.8. The highest BCUT2D eigenvalue weighted by Crippen LogP contribution is 2.23. The van der Waals surface area contributed by atoms with Crippen LogP contribution in [0.1, 0.15) is 53.5 Å². The third-order valence-corrected chi connectivity index (χ3v) is 5.92. The molecule has 1 heterocycles. The van der Waals surface area contributed by atoms with Gasteiger partial charge in [-0.2, -0.15) is 0 Å². The Morgan fingerprint density at radius 2 is 1.43 bits per heavy atom. The minimum atomic E-state index is -0.831. The van der Waals surface area contributed by atoms with Gasteiger partial charge in [0.05, 0.1) is 0 Å². The van der Waals surface area contributed by atoms with E-state index < -0.39 is 41.4 Å². The number of hydrogen-bond acceptors (Lipinski definition) is 6. The van der Waals surface area contributed by atoms with Crippen molar-refractivity contribution in [1.82, 2.24) is 20.9 Å². The van der Waals surface area contributed by atoms with E-state index in [0.717, 1.165) is 16.7 Å². The molecule has 0 aromatic heterocycles. The zero-order chi connectivity index (χ0) is 29.5. The Balaban J connectivity index is 1.60. The van der Waals surface area contributed by atoms with Crippen molar-refractivity contribution in [2.75, 3.05) is 13.1 Å². The first-order chi connectivity index (χ1) is 18.7. The van der Waals surface area contributed by atoms with Crippen LogP contribution in [0.3, 0.4) is 0 Å². The van der Waals surface area contributed by atoms with Crippen LogP contribution >= 0.6 is 0 Å². The van der Waals surface area contributed by atoms with E-state index >= 15 is 0 Å². The summed E-state index contributed by atoms with van der Waals surface area (Å²) in [6.45, 7) is 10.5. The first-order valence-electron chi connectivity index (χ1n) is 13.4. The number of amides is 4. The maximum atomic E-state index is 13.2. The lowest BCUT2D eigenvalue weighted by atomic mass is 10.0. The number of hydrogen-bond donors (Lipinski definition) is 3. The number of nitrogens with zero attached hydrogens (tertiary/aromatic N) is 1. The summed E-state index contributed by atoms with van der Waals surface area (Å²) in [5.41, 5.74) is 1.64. The average molecular weight is 553 g/mol. The molecule has 1 saturated heterocycles. The number of carbonyl (C=O) groups excluding carboxylic acids is 4. The zero-order valence-electron chi connectivity index (χ0n) is 24.1. The summed E-state index contributed by atoms with van der Waals surface area (Å²) in [5, 5.41) is 8.10. The van der Waals surface area contributed by atoms with Crippen molar-refractivity contribution < 1.29 is 28.7 Å². The second-order valence-electron chi connectivity index (χ2n) is 11.8. The van der Waals surface area contributed by atoms with Gasteiger partial charge in [-0.05, 0) is 64.7 Å². The van der Waals surface area contributed by atoms with E-state index in [1.807, 2.05) is 54.6 Å². The molecule has 0 spiro atoms. The molecule has 0 radical (unpaired) electrons. The molecule has 10 nitrogen and oxygen atoms in total. The standard InChI is InChI=1S/C30H40N4O6/c1-29(2,3)39-27(37)32-18-25(35)33-23-16-24(34(19-23)28(38)40-30(4,5)6)26(36)31-17-20-12-14-22(15-13-20)21-10-8-7-9-11-21/h7-15,23-24H,16-19H2,1-6H3,(H,31,36)(H,32,37)(H,33,35)/t23-,24+/m1/s1. The van der Waals surface area contributed by atoms with Crippen molar-refractivity contribution >= 4 is 24.0 Å². The van der Waals surface area contributed by atoms with Crippen molar-refractivity contribution in [2.24, 2.45) is 0 Å². The highest BCUT2D eigenvalue weighted by atomic mass is 16.6. The van der Waals surface area contributed by atoms with E-state index in [1.54, 1.807) is 41.5 Å². The summed E-state index contributed by atoms with van der Waals surface area (Å²) in [7, 11) is 0. The minimum absolute atomic E-state index is 0.0942. The first-order valence-corrected chi connectivity index (χ1v) is 13.4. The molecule has 40 heavy (non-hydrogen) atoms.